The van der Waals surface area contributed by atoms with Crippen molar-refractivity contribution in [2.75, 3.05) is 6.61 Å². The molecule has 0 heterocycles. The number of ether oxygens (including phenoxy) is 1. The third-order valence-corrected chi connectivity index (χ3v) is 3.55. The molecule has 2 rings (SSSR count). The molecule has 126 valence electrons. The molecule has 0 bridgehead atoms. The molecule has 0 aliphatic carbocycles. The summed E-state index contributed by atoms with van der Waals surface area (Å²) < 4.78 is 17.8. The van der Waals surface area contributed by atoms with Crippen molar-refractivity contribution >= 4 is 11.9 Å². The molecule has 0 aliphatic rings. The quantitative estimate of drug-likeness (QED) is 0.826. The zero-order valence-electron chi connectivity index (χ0n) is 13.7. The number of esters is 1. The molecule has 0 aromatic heterocycles. The minimum atomic E-state index is -0.540. The Bertz CT molecular complexity index is 694. The van der Waals surface area contributed by atoms with Gasteiger partial charge in [0.25, 0.3) is 5.91 Å². The second-order valence-corrected chi connectivity index (χ2v) is 5.76. The molecule has 5 heteroatoms. The van der Waals surface area contributed by atoms with Crippen molar-refractivity contribution in [1.82, 2.24) is 5.32 Å². The first-order valence-electron chi connectivity index (χ1n) is 7.74. The summed E-state index contributed by atoms with van der Waals surface area (Å²) in [5.41, 5.74) is 2.30. The molecule has 2 aromatic rings. The van der Waals surface area contributed by atoms with Crippen LogP contribution in [0.5, 0.6) is 0 Å². The van der Waals surface area contributed by atoms with Crippen LogP contribution >= 0.6 is 0 Å². The average Bonchev–Trinajstić information content (AvgIpc) is 2.59. The van der Waals surface area contributed by atoms with E-state index in [-0.39, 0.29) is 19.0 Å². The largest absolute Gasteiger partial charge is 0.452 e. The summed E-state index contributed by atoms with van der Waals surface area (Å²) in [6.07, 6.45) is 0. The van der Waals surface area contributed by atoms with E-state index >= 15 is 0 Å². The number of hydrogen-bond acceptors (Lipinski definition) is 3. The first-order chi connectivity index (χ1) is 11.5. The third-order valence-electron chi connectivity index (χ3n) is 3.55. The van der Waals surface area contributed by atoms with E-state index in [4.69, 9.17) is 4.74 Å². The molecule has 1 amide bonds. The van der Waals surface area contributed by atoms with Gasteiger partial charge in [0.15, 0.2) is 6.61 Å². The van der Waals surface area contributed by atoms with Crippen molar-refractivity contribution in [1.29, 1.82) is 0 Å². The van der Waals surface area contributed by atoms with Crippen LogP contribution in [-0.4, -0.2) is 18.5 Å². The summed E-state index contributed by atoms with van der Waals surface area (Å²) in [6, 6.07) is 12.9. The Balaban J connectivity index is 1.78. The minimum absolute atomic E-state index is 0.250. The molecule has 0 radical (unpaired) electrons. The van der Waals surface area contributed by atoms with Gasteiger partial charge in [0.1, 0.15) is 5.82 Å². The van der Waals surface area contributed by atoms with Crippen LogP contribution in [0.3, 0.4) is 0 Å². The molecule has 0 saturated carbocycles. The van der Waals surface area contributed by atoms with E-state index < -0.39 is 11.9 Å². The highest BCUT2D eigenvalue weighted by Crippen LogP contribution is 2.15. The van der Waals surface area contributed by atoms with Crippen LogP contribution in [-0.2, 0) is 16.1 Å². The molecule has 2 aromatic carbocycles. The zero-order chi connectivity index (χ0) is 17.5. The Morgan fingerprint density at radius 1 is 1.04 bits per heavy atom. The average molecular weight is 329 g/mol. The van der Waals surface area contributed by atoms with Crippen LogP contribution in [0.25, 0.3) is 0 Å². The number of benzene rings is 2. The van der Waals surface area contributed by atoms with Crippen LogP contribution in [0.4, 0.5) is 4.39 Å². The van der Waals surface area contributed by atoms with Gasteiger partial charge >= 0.3 is 5.97 Å². The van der Waals surface area contributed by atoms with E-state index in [0.29, 0.717) is 11.5 Å². The summed E-state index contributed by atoms with van der Waals surface area (Å²) in [4.78, 5) is 23.6. The number of carbonyl (C=O) groups is 2. The molecule has 0 atom stereocenters. The predicted octanol–water partition coefficient (Wildman–Crippen LogP) is 3.42. The molecular weight excluding hydrogens is 309 g/mol. The molecule has 0 fully saturated rings. The lowest BCUT2D eigenvalue weighted by atomic mass is 10.0. The Kier molecular flexibility index (Phi) is 6.07. The van der Waals surface area contributed by atoms with Gasteiger partial charge in [-0.1, -0.05) is 38.1 Å². The highest BCUT2D eigenvalue weighted by Gasteiger charge is 2.10. The van der Waals surface area contributed by atoms with Crippen molar-refractivity contribution < 1.29 is 18.7 Å². The van der Waals surface area contributed by atoms with E-state index in [9.17, 15) is 14.0 Å². The lowest BCUT2D eigenvalue weighted by Gasteiger charge is -2.08. The lowest BCUT2D eigenvalue weighted by Crippen LogP contribution is -2.28. The molecule has 0 saturated heterocycles. The van der Waals surface area contributed by atoms with E-state index in [1.807, 2.05) is 12.1 Å². The third kappa shape index (κ3) is 5.19. The molecule has 4 nitrogen and oxygen atoms in total. The van der Waals surface area contributed by atoms with Gasteiger partial charge in [-0.05, 0) is 41.3 Å². The normalized spacial score (nSPS) is 10.5. The van der Waals surface area contributed by atoms with Crippen molar-refractivity contribution in [3.63, 3.8) is 0 Å². The zero-order valence-corrected chi connectivity index (χ0v) is 13.7. The van der Waals surface area contributed by atoms with Gasteiger partial charge in [0.2, 0.25) is 0 Å². The maximum atomic E-state index is 12.8. The SMILES string of the molecule is CC(C)c1ccc(C(=O)OCC(=O)NCc2ccc(F)cc2)cc1. The molecule has 0 spiro atoms. The summed E-state index contributed by atoms with van der Waals surface area (Å²) in [7, 11) is 0. The Labute approximate surface area is 140 Å². The fourth-order valence-electron chi connectivity index (χ4n) is 2.07. The number of halogens is 1. The maximum Gasteiger partial charge on any atom is 0.338 e. The fourth-order valence-corrected chi connectivity index (χ4v) is 2.07. The molecule has 24 heavy (non-hydrogen) atoms. The lowest BCUT2D eigenvalue weighted by molar-refractivity contribution is -0.124. The van der Waals surface area contributed by atoms with Gasteiger partial charge in [-0.15, -0.1) is 0 Å². The van der Waals surface area contributed by atoms with Crippen molar-refractivity contribution in [3.05, 3.63) is 71.0 Å². The molecule has 0 unspecified atom stereocenters. The van der Waals surface area contributed by atoms with E-state index in [1.54, 1.807) is 24.3 Å². The standard InChI is InChI=1S/C19H20FNO3/c1-13(2)15-5-7-16(8-6-15)19(23)24-12-18(22)21-11-14-3-9-17(20)10-4-14/h3-10,13H,11-12H2,1-2H3,(H,21,22). The van der Waals surface area contributed by atoms with Crippen LogP contribution in [0.2, 0.25) is 0 Å². The van der Waals surface area contributed by atoms with E-state index in [2.05, 4.69) is 19.2 Å². The van der Waals surface area contributed by atoms with Crippen LogP contribution < -0.4 is 5.32 Å². The number of amides is 1. The van der Waals surface area contributed by atoms with Gasteiger partial charge in [-0.3, -0.25) is 4.79 Å². The fraction of sp³-hybridized carbons (Fsp3) is 0.263. The highest BCUT2D eigenvalue weighted by molar-refractivity contribution is 5.91. The maximum absolute atomic E-state index is 12.8. The van der Waals surface area contributed by atoms with Crippen LogP contribution in [0, 0.1) is 5.82 Å². The highest BCUT2D eigenvalue weighted by atomic mass is 19.1. The topological polar surface area (TPSA) is 55.4 Å². The summed E-state index contributed by atoms with van der Waals surface area (Å²) >= 11 is 0. The monoisotopic (exact) mass is 329 g/mol. The predicted molar refractivity (Wildman–Crippen MR) is 89.1 cm³/mol. The number of nitrogens with one attached hydrogen (secondary N) is 1. The summed E-state index contributed by atoms with van der Waals surface area (Å²) in [6.45, 7) is 4.03. The van der Waals surface area contributed by atoms with Crippen molar-refractivity contribution in [2.24, 2.45) is 0 Å². The second-order valence-electron chi connectivity index (χ2n) is 5.76. The van der Waals surface area contributed by atoms with Crippen LogP contribution in [0.1, 0.15) is 41.3 Å². The molecule has 0 aliphatic heterocycles. The van der Waals surface area contributed by atoms with Gasteiger partial charge in [-0.25, -0.2) is 9.18 Å². The smallest absolute Gasteiger partial charge is 0.338 e. The van der Waals surface area contributed by atoms with Crippen molar-refractivity contribution in [2.45, 2.75) is 26.3 Å². The minimum Gasteiger partial charge on any atom is -0.452 e. The summed E-state index contributed by atoms with van der Waals surface area (Å²) in [5, 5.41) is 2.61. The molecular formula is C19H20FNO3. The van der Waals surface area contributed by atoms with Gasteiger partial charge in [-0.2, -0.15) is 0 Å². The van der Waals surface area contributed by atoms with E-state index in [1.165, 1.54) is 12.1 Å². The first kappa shape index (κ1) is 17.7. The number of hydrogen-bond donors (Lipinski definition) is 1. The summed E-state index contributed by atoms with van der Waals surface area (Å²) in [5.74, 6) is -0.900. The van der Waals surface area contributed by atoms with Crippen LogP contribution in [0.15, 0.2) is 48.5 Å². The molecule has 1 N–H and O–H groups in total. The van der Waals surface area contributed by atoms with Crippen molar-refractivity contribution in [3.8, 4) is 0 Å². The number of carbonyl (C=O) groups excluding carboxylic acids is 2. The second kappa shape index (κ2) is 8.24. The van der Waals surface area contributed by atoms with Gasteiger partial charge in [0.05, 0.1) is 5.56 Å². The van der Waals surface area contributed by atoms with Gasteiger partial charge < -0.3 is 10.1 Å². The Hall–Kier alpha value is -2.69. The van der Waals surface area contributed by atoms with Gasteiger partial charge in [0, 0.05) is 6.54 Å². The number of rotatable bonds is 6. The Morgan fingerprint density at radius 3 is 2.25 bits per heavy atom. The Morgan fingerprint density at radius 2 is 1.67 bits per heavy atom. The van der Waals surface area contributed by atoms with E-state index in [0.717, 1.165) is 11.1 Å². The first-order valence-corrected chi connectivity index (χ1v) is 7.74.